The van der Waals surface area contributed by atoms with E-state index in [1.807, 2.05) is 13.8 Å². The molecule has 5 heteroatoms. The van der Waals surface area contributed by atoms with Gasteiger partial charge in [-0.3, -0.25) is 0 Å². The number of anilines is 1. The first-order chi connectivity index (χ1) is 7.09. The average molecular weight is 206 g/mol. The zero-order valence-electron chi connectivity index (χ0n) is 8.53. The van der Waals surface area contributed by atoms with Gasteiger partial charge in [0.25, 0.3) is 0 Å². The van der Waals surface area contributed by atoms with Gasteiger partial charge in [0.15, 0.2) is 5.82 Å². The van der Waals surface area contributed by atoms with Crippen molar-refractivity contribution in [2.75, 3.05) is 5.73 Å². The SMILES string of the molecule is Cc1cc(F)ccc1-n1nnc(N)c1C. The van der Waals surface area contributed by atoms with E-state index in [-0.39, 0.29) is 5.82 Å². The van der Waals surface area contributed by atoms with E-state index < -0.39 is 0 Å². The number of hydrogen-bond donors (Lipinski definition) is 1. The Morgan fingerprint density at radius 3 is 2.60 bits per heavy atom. The van der Waals surface area contributed by atoms with Crippen molar-refractivity contribution in [1.29, 1.82) is 0 Å². The van der Waals surface area contributed by atoms with Crippen LogP contribution in [0.1, 0.15) is 11.3 Å². The fraction of sp³-hybridized carbons (Fsp3) is 0.200. The molecule has 0 bridgehead atoms. The second-order valence-corrected chi connectivity index (χ2v) is 3.40. The maximum atomic E-state index is 12.9. The zero-order valence-corrected chi connectivity index (χ0v) is 8.53. The number of benzene rings is 1. The highest BCUT2D eigenvalue weighted by Gasteiger charge is 2.09. The lowest BCUT2D eigenvalue weighted by atomic mass is 10.2. The number of aryl methyl sites for hydroxylation is 1. The van der Waals surface area contributed by atoms with Crippen LogP contribution in [0.3, 0.4) is 0 Å². The monoisotopic (exact) mass is 206 g/mol. The summed E-state index contributed by atoms with van der Waals surface area (Å²) < 4.78 is 14.5. The van der Waals surface area contributed by atoms with Crippen molar-refractivity contribution in [2.24, 2.45) is 0 Å². The normalized spacial score (nSPS) is 10.6. The van der Waals surface area contributed by atoms with Crippen molar-refractivity contribution in [3.8, 4) is 5.69 Å². The van der Waals surface area contributed by atoms with Gasteiger partial charge in [0.1, 0.15) is 5.82 Å². The first-order valence-electron chi connectivity index (χ1n) is 4.54. The summed E-state index contributed by atoms with van der Waals surface area (Å²) in [6.07, 6.45) is 0. The molecule has 0 fully saturated rings. The summed E-state index contributed by atoms with van der Waals surface area (Å²) in [5.41, 5.74) is 7.93. The van der Waals surface area contributed by atoms with E-state index in [0.717, 1.165) is 16.9 Å². The van der Waals surface area contributed by atoms with Crippen LogP contribution < -0.4 is 5.73 Å². The Kier molecular flexibility index (Phi) is 2.15. The topological polar surface area (TPSA) is 56.7 Å². The van der Waals surface area contributed by atoms with Gasteiger partial charge in [-0.1, -0.05) is 5.21 Å². The summed E-state index contributed by atoms with van der Waals surface area (Å²) in [5.74, 6) is 0.126. The number of halogens is 1. The number of rotatable bonds is 1. The van der Waals surface area contributed by atoms with Crippen molar-refractivity contribution < 1.29 is 4.39 Å². The lowest BCUT2D eigenvalue weighted by molar-refractivity contribution is 0.625. The zero-order chi connectivity index (χ0) is 11.0. The lowest BCUT2D eigenvalue weighted by Crippen LogP contribution is -2.02. The van der Waals surface area contributed by atoms with E-state index in [1.54, 1.807) is 10.7 Å². The Labute approximate surface area is 86.5 Å². The second-order valence-electron chi connectivity index (χ2n) is 3.40. The summed E-state index contributed by atoms with van der Waals surface area (Å²) in [5, 5.41) is 7.65. The Bertz CT molecular complexity index is 504. The Morgan fingerprint density at radius 2 is 2.07 bits per heavy atom. The minimum Gasteiger partial charge on any atom is -0.381 e. The third-order valence-corrected chi connectivity index (χ3v) is 2.32. The molecular formula is C10H11FN4. The van der Waals surface area contributed by atoms with E-state index in [9.17, 15) is 4.39 Å². The fourth-order valence-corrected chi connectivity index (χ4v) is 1.43. The molecule has 0 saturated heterocycles. The molecule has 15 heavy (non-hydrogen) atoms. The van der Waals surface area contributed by atoms with E-state index in [0.29, 0.717) is 5.82 Å². The van der Waals surface area contributed by atoms with Crippen molar-refractivity contribution >= 4 is 5.82 Å². The highest BCUT2D eigenvalue weighted by molar-refractivity contribution is 5.44. The molecule has 0 radical (unpaired) electrons. The number of nitrogens with two attached hydrogens (primary N) is 1. The molecule has 2 aromatic rings. The summed E-state index contributed by atoms with van der Waals surface area (Å²) in [4.78, 5) is 0. The van der Waals surface area contributed by atoms with Crippen LogP contribution in [0.25, 0.3) is 5.69 Å². The summed E-state index contributed by atoms with van der Waals surface area (Å²) in [6.45, 7) is 3.63. The van der Waals surface area contributed by atoms with Gasteiger partial charge in [-0.2, -0.15) is 0 Å². The van der Waals surface area contributed by atoms with Gasteiger partial charge in [-0.15, -0.1) is 5.10 Å². The minimum absolute atomic E-state index is 0.262. The highest BCUT2D eigenvalue weighted by atomic mass is 19.1. The van der Waals surface area contributed by atoms with Crippen molar-refractivity contribution in [2.45, 2.75) is 13.8 Å². The number of aromatic nitrogens is 3. The van der Waals surface area contributed by atoms with Crippen molar-refractivity contribution in [3.05, 3.63) is 35.3 Å². The van der Waals surface area contributed by atoms with Crippen LogP contribution in [-0.2, 0) is 0 Å². The lowest BCUT2D eigenvalue weighted by Gasteiger charge is -2.06. The van der Waals surface area contributed by atoms with Crippen LogP contribution in [-0.4, -0.2) is 15.0 Å². The second kappa shape index (κ2) is 3.34. The molecule has 4 nitrogen and oxygen atoms in total. The molecule has 1 aromatic heterocycles. The van der Waals surface area contributed by atoms with Crippen LogP contribution in [0.5, 0.6) is 0 Å². The molecule has 0 amide bonds. The van der Waals surface area contributed by atoms with Crippen molar-refractivity contribution in [1.82, 2.24) is 15.0 Å². The molecule has 2 N–H and O–H groups in total. The van der Waals surface area contributed by atoms with Crippen molar-refractivity contribution in [3.63, 3.8) is 0 Å². The Morgan fingerprint density at radius 1 is 1.33 bits per heavy atom. The van der Waals surface area contributed by atoms with Gasteiger partial charge in [0, 0.05) is 0 Å². The molecule has 0 atom stereocenters. The molecule has 0 aliphatic carbocycles. The molecule has 1 aromatic carbocycles. The summed E-state index contributed by atoms with van der Waals surface area (Å²) in [6, 6.07) is 4.50. The maximum Gasteiger partial charge on any atom is 0.169 e. The molecule has 0 aliphatic rings. The van der Waals surface area contributed by atoms with Gasteiger partial charge in [-0.25, -0.2) is 9.07 Å². The van der Waals surface area contributed by atoms with Crippen LogP contribution >= 0.6 is 0 Å². The predicted octanol–water partition coefficient (Wildman–Crippen LogP) is 1.61. The van der Waals surface area contributed by atoms with Gasteiger partial charge in [0.2, 0.25) is 0 Å². The van der Waals surface area contributed by atoms with Crippen LogP contribution in [0, 0.1) is 19.7 Å². The van der Waals surface area contributed by atoms with E-state index >= 15 is 0 Å². The maximum absolute atomic E-state index is 12.9. The summed E-state index contributed by atoms with van der Waals surface area (Å²) in [7, 11) is 0. The Balaban J connectivity index is 2.59. The van der Waals surface area contributed by atoms with Crippen LogP contribution in [0.2, 0.25) is 0 Å². The first-order valence-corrected chi connectivity index (χ1v) is 4.54. The van der Waals surface area contributed by atoms with E-state index in [2.05, 4.69) is 10.3 Å². The quantitative estimate of drug-likeness (QED) is 0.771. The standard InChI is InChI=1S/C10H11FN4/c1-6-5-8(11)3-4-9(6)15-7(2)10(12)13-14-15/h3-5H,12H2,1-2H3. The number of hydrogen-bond acceptors (Lipinski definition) is 3. The molecule has 0 aliphatic heterocycles. The number of nitrogen functional groups attached to an aromatic ring is 1. The molecule has 1 heterocycles. The minimum atomic E-state index is -0.262. The largest absolute Gasteiger partial charge is 0.381 e. The van der Waals surface area contributed by atoms with Gasteiger partial charge in [0.05, 0.1) is 11.4 Å². The smallest absolute Gasteiger partial charge is 0.169 e. The average Bonchev–Trinajstić information content (AvgIpc) is 2.49. The third kappa shape index (κ3) is 1.56. The van der Waals surface area contributed by atoms with Gasteiger partial charge < -0.3 is 5.73 Å². The predicted molar refractivity (Wildman–Crippen MR) is 55.2 cm³/mol. The molecular weight excluding hydrogens is 195 g/mol. The van der Waals surface area contributed by atoms with Crippen LogP contribution in [0.4, 0.5) is 10.2 Å². The van der Waals surface area contributed by atoms with Crippen LogP contribution in [0.15, 0.2) is 18.2 Å². The summed E-state index contributed by atoms with van der Waals surface area (Å²) >= 11 is 0. The Hall–Kier alpha value is -1.91. The molecule has 2 rings (SSSR count). The highest BCUT2D eigenvalue weighted by Crippen LogP contribution is 2.17. The molecule has 0 unspecified atom stereocenters. The van der Waals surface area contributed by atoms with Gasteiger partial charge >= 0.3 is 0 Å². The van der Waals surface area contributed by atoms with Gasteiger partial charge in [-0.05, 0) is 37.6 Å². The first kappa shape index (κ1) is 9.64. The molecule has 78 valence electrons. The molecule has 0 saturated carbocycles. The number of nitrogens with zero attached hydrogens (tertiary/aromatic N) is 3. The molecule has 0 spiro atoms. The van der Waals surface area contributed by atoms with E-state index in [4.69, 9.17) is 5.73 Å². The third-order valence-electron chi connectivity index (χ3n) is 2.32. The fourth-order valence-electron chi connectivity index (χ4n) is 1.43. The van der Waals surface area contributed by atoms with E-state index in [1.165, 1.54) is 12.1 Å².